The molecule has 1 aliphatic carbocycles. The average Bonchev–Trinajstić information content (AvgIpc) is 3.27. The molecule has 1 heterocycles. The highest BCUT2D eigenvalue weighted by molar-refractivity contribution is 5.90. The Morgan fingerprint density at radius 1 is 1.17 bits per heavy atom. The van der Waals surface area contributed by atoms with E-state index in [9.17, 15) is 9.59 Å². The van der Waals surface area contributed by atoms with Crippen molar-refractivity contribution in [1.82, 2.24) is 10.6 Å². The van der Waals surface area contributed by atoms with Gasteiger partial charge < -0.3 is 21.1 Å². The summed E-state index contributed by atoms with van der Waals surface area (Å²) in [6, 6.07) is 9.39. The van der Waals surface area contributed by atoms with Gasteiger partial charge in [0.2, 0.25) is 11.8 Å². The number of carbonyl (C=O) groups is 2. The molecule has 1 aromatic rings. The van der Waals surface area contributed by atoms with Gasteiger partial charge >= 0.3 is 0 Å². The van der Waals surface area contributed by atoms with E-state index in [4.69, 9.17) is 10.5 Å². The molecule has 1 saturated carbocycles. The summed E-state index contributed by atoms with van der Waals surface area (Å²) in [5, 5.41) is 5.84. The molecule has 2 fully saturated rings. The van der Waals surface area contributed by atoms with Crippen LogP contribution in [0.15, 0.2) is 30.3 Å². The number of amides is 2. The highest BCUT2D eigenvalue weighted by Gasteiger charge is 2.33. The van der Waals surface area contributed by atoms with Gasteiger partial charge in [0.25, 0.3) is 0 Å². The van der Waals surface area contributed by atoms with Crippen LogP contribution in [0, 0.1) is 0 Å². The summed E-state index contributed by atoms with van der Waals surface area (Å²) in [5.41, 5.74) is 6.60. The molecule has 24 heavy (non-hydrogen) atoms. The van der Waals surface area contributed by atoms with Crippen LogP contribution < -0.4 is 16.4 Å². The molecule has 3 rings (SSSR count). The molecule has 0 spiro atoms. The summed E-state index contributed by atoms with van der Waals surface area (Å²) in [5.74, 6) is -0.346. The van der Waals surface area contributed by atoms with Crippen LogP contribution in [-0.4, -0.2) is 42.7 Å². The molecule has 1 saturated heterocycles. The molecule has 1 unspecified atom stereocenters. The average molecular weight is 331 g/mol. The monoisotopic (exact) mass is 331 g/mol. The van der Waals surface area contributed by atoms with Crippen molar-refractivity contribution < 1.29 is 14.3 Å². The molecule has 130 valence electrons. The smallest absolute Gasteiger partial charge is 0.249 e. The third-order valence-electron chi connectivity index (χ3n) is 4.50. The van der Waals surface area contributed by atoms with Gasteiger partial charge in [-0.05, 0) is 31.2 Å². The van der Waals surface area contributed by atoms with Gasteiger partial charge in [0.1, 0.15) is 12.1 Å². The lowest BCUT2D eigenvalue weighted by atomic mass is 10.0. The van der Waals surface area contributed by atoms with Crippen LogP contribution in [0.3, 0.4) is 0 Å². The van der Waals surface area contributed by atoms with Gasteiger partial charge in [-0.25, -0.2) is 0 Å². The first-order chi connectivity index (χ1) is 11.7. The van der Waals surface area contributed by atoms with E-state index in [1.165, 1.54) is 0 Å². The van der Waals surface area contributed by atoms with E-state index in [-0.39, 0.29) is 24.0 Å². The van der Waals surface area contributed by atoms with Crippen molar-refractivity contribution in [2.24, 2.45) is 5.73 Å². The van der Waals surface area contributed by atoms with E-state index in [0.717, 1.165) is 24.8 Å². The van der Waals surface area contributed by atoms with Crippen LogP contribution in [0.2, 0.25) is 0 Å². The molecule has 0 aromatic heterocycles. The highest BCUT2D eigenvalue weighted by Crippen LogP contribution is 2.20. The maximum absolute atomic E-state index is 12.5. The van der Waals surface area contributed by atoms with E-state index < -0.39 is 12.1 Å². The Kier molecular flexibility index (Phi) is 5.48. The van der Waals surface area contributed by atoms with Gasteiger partial charge in [-0.2, -0.15) is 0 Å². The van der Waals surface area contributed by atoms with Crippen molar-refractivity contribution in [2.75, 3.05) is 6.54 Å². The number of nitrogens with two attached hydrogens (primary N) is 1. The maximum atomic E-state index is 12.5. The fourth-order valence-corrected chi connectivity index (χ4v) is 2.93. The number of ether oxygens (including phenoxy) is 1. The Morgan fingerprint density at radius 2 is 1.92 bits per heavy atom. The van der Waals surface area contributed by atoms with Crippen LogP contribution in [0.1, 0.15) is 31.2 Å². The van der Waals surface area contributed by atoms with Crippen molar-refractivity contribution in [3.05, 3.63) is 35.9 Å². The predicted octanol–water partition coefficient (Wildman–Crippen LogP) is 0.499. The van der Waals surface area contributed by atoms with E-state index in [1.807, 2.05) is 30.3 Å². The lowest BCUT2D eigenvalue weighted by molar-refractivity contribution is -0.136. The van der Waals surface area contributed by atoms with Crippen molar-refractivity contribution in [1.29, 1.82) is 0 Å². The zero-order valence-corrected chi connectivity index (χ0v) is 13.7. The predicted molar refractivity (Wildman–Crippen MR) is 90.2 cm³/mol. The molecule has 6 heteroatoms. The van der Waals surface area contributed by atoms with Gasteiger partial charge in [-0.1, -0.05) is 30.3 Å². The SMILES string of the molecule is NC[C@H]1CC[C@@H](C(=O)NC(Cc2ccccc2)C(=O)NC2CC2)O1. The van der Waals surface area contributed by atoms with Crippen molar-refractivity contribution in [3.63, 3.8) is 0 Å². The van der Waals surface area contributed by atoms with Crippen molar-refractivity contribution in [2.45, 2.75) is 56.4 Å². The number of benzene rings is 1. The van der Waals surface area contributed by atoms with E-state index in [2.05, 4.69) is 10.6 Å². The Labute approximate surface area is 142 Å². The molecule has 2 amide bonds. The molecule has 1 aliphatic heterocycles. The molecule has 4 N–H and O–H groups in total. The maximum Gasteiger partial charge on any atom is 0.249 e. The molecule has 3 atom stereocenters. The van der Waals surface area contributed by atoms with Gasteiger partial charge in [-0.15, -0.1) is 0 Å². The number of carbonyl (C=O) groups excluding carboxylic acids is 2. The molecule has 0 bridgehead atoms. The second-order valence-corrected chi connectivity index (χ2v) is 6.59. The summed E-state index contributed by atoms with van der Waals surface area (Å²) in [4.78, 5) is 24.9. The second-order valence-electron chi connectivity index (χ2n) is 6.59. The lowest BCUT2D eigenvalue weighted by Gasteiger charge is -2.21. The summed E-state index contributed by atoms with van der Waals surface area (Å²) in [6.45, 7) is 0.416. The quantitative estimate of drug-likeness (QED) is 0.678. The minimum Gasteiger partial charge on any atom is -0.364 e. The first kappa shape index (κ1) is 16.9. The summed E-state index contributed by atoms with van der Waals surface area (Å²) < 4.78 is 5.63. The molecular formula is C18H25N3O3. The first-order valence-corrected chi connectivity index (χ1v) is 8.66. The van der Waals surface area contributed by atoms with E-state index in [1.54, 1.807) is 0 Å². The molecule has 6 nitrogen and oxygen atoms in total. The van der Waals surface area contributed by atoms with Crippen LogP contribution >= 0.6 is 0 Å². The largest absolute Gasteiger partial charge is 0.364 e. The molecule has 2 aliphatic rings. The zero-order chi connectivity index (χ0) is 16.9. The van der Waals surface area contributed by atoms with Gasteiger partial charge in [0.05, 0.1) is 6.10 Å². The van der Waals surface area contributed by atoms with Crippen molar-refractivity contribution in [3.8, 4) is 0 Å². The number of rotatable bonds is 7. The Balaban J connectivity index is 1.62. The zero-order valence-electron chi connectivity index (χ0n) is 13.7. The fourth-order valence-electron chi connectivity index (χ4n) is 2.93. The van der Waals surface area contributed by atoms with Gasteiger partial charge in [0, 0.05) is 19.0 Å². The second kappa shape index (κ2) is 7.77. The normalized spacial score (nSPS) is 24.4. The van der Waals surface area contributed by atoms with E-state index >= 15 is 0 Å². The minimum atomic E-state index is -0.582. The molecule has 1 aromatic carbocycles. The highest BCUT2D eigenvalue weighted by atomic mass is 16.5. The van der Waals surface area contributed by atoms with Gasteiger partial charge in [-0.3, -0.25) is 9.59 Å². The molecule has 0 radical (unpaired) electrons. The number of nitrogens with one attached hydrogen (secondary N) is 2. The standard InChI is InChI=1S/C18H25N3O3/c19-11-14-8-9-16(24-14)18(23)21-15(17(22)20-13-6-7-13)10-12-4-2-1-3-5-12/h1-5,13-16H,6-11,19H2,(H,20,22)(H,21,23)/t14-,15?,16+/m1/s1. The Hall–Kier alpha value is -1.92. The number of hydrogen-bond donors (Lipinski definition) is 3. The Bertz CT molecular complexity index is 574. The van der Waals surface area contributed by atoms with Crippen LogP contribution in [0.4, 0.5) is 0 Å². The lowest BCUT2D eigenvalue weighted by Crippen LogP contribution is -2.51. The topological polar surface area (TPSA) is 93.5 Å². The summed E-state index contributed by atoms with van der Waals surface area (Å²) >= 11 is 0. The molecular weight excluding hydrogens is 306 g/mol. The summed E-state index contributed by atoms with van der Waals surface area (Å²) in [7, 11) is 0. The third-order valence-corrected chi connectivity index (χ3v) is 4.50. The fraction of sp³-hybridized carbons (Fsp3) is 0.556. The van der Waals surface area contributed by atoms with Crippen LogP contribution in [-0.2, 0) is 20.7 Å². The van der Waals surface area contributed by atoms with Crippen LogP contribution in [0.5, 0.6) is 0 Å². The third kappa shape index (κ3) is 4.55. The first-order valence-electron chi connectivity index (χ1n) is 8.66. The number of hydrogen-bond acceptors (Lipinski definition) is 4. The van der Waals surface area contributed by atoms with Crippen molar-refractivity contribution >= 4 is 11.8 Å². The van der Waals surface area contributed by atoms with Gasteiger partial charge in [0.15, 0.2) is 0 Å². The minimum absolute atomic E-state index is 0.0615. The Morgan fingerprint density at radius 3 is 2.54 bits per heavy atom. The van der Waals surface area contributed by atoms with E-state index in [0.29, 0.717) is 19.4 Å². The van der Waals surface area contributed by atoms with Crippen LogP contribution in [0.25, 0.3) is 0 Å². The summed E-state index contributed by atoms with van der Waals surface area (Å²) in [6.07, 6.45) is 3.36.